The highest BCUT2D eigenvalue weighted by Gasteiger charge is 2.33. The molecule has 0 spiro atoms. The molecule has 0 unspecified atom stereocenters. The molecule has 0 amide bonds. The van der Waals surface area contributed by atoms with Gasteiger partial charge in [0.15, 0.2) is 0 Å². The first-order chi connectivity index (χ1) is 6.42. The molecule has 0 fully saturated rings. The average molecular weight is 202 g/mol. The van der Waals surface area contributed by atoms with E-state index in [1.54, 1.807) is 0 Å². The molecule has 1 aromatic carbocycles. The van der Waals surface area contributed by atoms with Crippen LogP contribution in [-0.4, -0.2) is 5.78 Å². The first-order valence-corrected chi connectivity index (χ1v) is 4.05. The maximum atomic E-state index is 13.2. The van der Waals surface area contributed by atoms with Crippen molar-refractivity contribution in [2.45, 2.75) is 19.3 Å². The lowest BCUT2D eigenvalue weighted by atomic mass is 10.0. The monoisotopic (exact) mass is 202 g/mol. The van der Waals surface area contributed by atoms with E-state index in [1.165, 1.54) is 6.07 Å². The summed E-state index contributed by atoms with van der Waals surface area (Å²) in [4.78, 5) is 10.5. The van der Waals surface area contributed by atoms with Gasteiger partial charge in [0, 0.05) is 5.56 Å². The van der Waals surface area contributed by atoms with E-state index in [9.17, 15) is 18.0 Å². The Morgan fingerprint density at radius 1 is 1.43 bits per heavy atom. The number of benzene rings is 1. The van der Waals surface area contributed by atoms with Crippen LogP contribution in [0.15, 0.2) is 24.3 Å². The molecule has 0 N–H and O–H groups in total. The van der Waals surface area contributed by atoms with Crippen LogP contribution >= 0.6 is 0 Å². The average Bonchev–Trinajstić information content (AvgIpc) is 2.01. The number of hydrogen-bond donors (Lipinski definition) is 0. The van der Waals surface area contributed by atoms with Crippen molar-refractivity contribution < 1.29 is 18.0 Å². The fourth-order valence-electron chi connectivity index (χ4n) is 1.13. The van der Waals surface area contributed by atoms with Gasteiger partial charge in [-0.1, -0.05) is 12.1 Å². The van der Waals surface area contributed by atoms with Crippen LogP contribution < -0.4 is 0 Å². The molecule has 0 heterocycles. The lowest BCUT2D eigenvalue weighted by Crippen LogP contribution is -2.17. The Morgan fingerprint density at radius 2 is 2.07 bits per heavy atom. The summed E-state index contributed by atoms with van der Waals surface area (Å²) in [6.45, 7) is 1.08. The summed E-state index contributed by atoms with van der Waals surface area (Å²) in [5, 5.41) is 0. The number of carbonyl (C=O) groups is 1. The fraction of sp³-hybridized carbons (Fsp3) is 0.300. The highest BCUT2D eigenvalue weighted by atomic mass is 19.3. The van der Waals surface area contributed by atoms with Gasteiger partial charge in [0.25, 0.3) is 5.92 Å². The first kappa shape index (κ1) is 10.8. The van der Waals surface area contributed by atoms with Crippen molar-refractivity contribution in [2.24, 2.45) is 0 Å². The zero-order valence-corrected chi connectivity index (χ0v) is 7.56. The molecule has 1 nitrogen and oxygen atoms in total. The van der Waals surface area contributed by atoms with E-state index in [2.05, 4.69) is 0 Å². The minimum absolute atomic E-state index is 0.465. The topological polar surface area (TPSA) is 17.1 Å². The van der Waals surface area contributed by atoms with Crippen molar-refractivity contribution in [3.63, 3.8) is 0 Å². The number of ketones is 1. The molecule has 1 aromatic rings. The predicted molar refractivity (Wildman–Crippen MR) is 45.6 cm³/mol. The van der Waals surface area contributed by atoms with Gasteiger partial charge in [-0.3, -0.25) is 4.79 Å². The Bertz CT molecular complexity index is 347. The number of rotatable bonds is 3. The first-order valence-electron chi connectivity index (χ1n) is 4.05. The largest absolute Gasteiger partial charge is 0.300 e. The SMILES string of the molecule is CC(=O)CC(F)(F)c1cccc(F)c1. The molecular formula is C10H9F3O. The van der Waals surface area contributed by atoms with Crippen LogP contribution in [0.1, 0.15) is 18.9 Å². The van der Waals surface area contributed by atoms with Crippen molar-refractivity contribution in [2.75, 3.05) is 0 Å². The Kier molecular flexibility index (Phi) is 2.93. The minimum Gasteiger partial charge on any atom is -0.300 e. The van der Waals surface area contributed by atoms with Crippen molar-refractivity contribution in [3.8, 4) is 0 Å². The zero-order chi connectivity index (χ0) is 10.8. The third kappa shape index (κ3) is 2.58. The van der Waals surface area contributed by atoms with Gasteiger partial charge >= 0.3 is 0 Å². The highest BCUT2D eigenvalue weighted by molar-refractivity contribution is 5.76. The molecule has 4 heteroatoms. The minimum atomic E-state index is -3.28. The second-order valence-corrected chi connectivity index (χ2v) is 3.09. The fourth-order valence-corrected chi connectivity index (χ4v) is 1.13. The molecule has 0 radical (unpaired) electrons. The number of Topliss-reactive ketones (excluding diaryl/α,β-unsaturated/α-hetero) is 1. The summed E-state index contributed by atoms with van der Waals surface area (Å²) in [6.07, 6.45) is -0.892. The van der Waals surface area contributed by atoms with Crippen molar-refractivity contribution >= 4 is 5.78 Å². The summed E-state index contributed by atoms with van der Waals surface area (Å²) < 4.78 is 39.0. The van der Waals surface area contributed by atoms with Gasteiger partial charge in [-0.25, -0.2) is 13.2 Å². The van der Waals surface area contributed by atoms with Crippen molar-refractivity contribution in [1.82, 2.24) is 0 Å². The van der Waals surface area contributed by atoms with Crippen LogP contribution in [0.4, 0.5) is 13.2 Å². The molecule has 0 aliphatic heterocycles. The molecule has 0 bridgehead atoms. The molecule has 0 aromatic heterocycles. The Hall–Kier alpha value is -1.32. The lowest BCUT2D eigenvalue weighted by Gasteiger charge is -2.14. The molecule has 0 aliphatic carbocycles. The molecule has 0 atom stereocenters. The van der Waals surface area contributed by atoms with E-state index in [-0.39, 0.29) is 0 Å². The van der Waals surface area contributed by atoms with E-state index in [0.29, 0.717) is 0 Å². The lowest BCUT2D eigenvalue weighted by molar-refractivity contribution is -0.124. The standard InChI is InChI=1S/C10H9F3O/c1-7(14)6-10(12,13)8-3-2-4-9(11)5-8/h2-5H,6H2,1H3. The van der Waals surface area contributed by atoms with Crippen LogP contribution in [-0.2, 0) is 10.7 Å². The van der Waals surface area contributed by atoms with Gasteiger partial charge in [0.1, 0.15) is 11.6 Å². The smallest absolute Gasteiger partial charge is 0.280 e. The Morgan fingerprint density at radius 3 is 2.57 bits per heavy atom. The molecule has 76 valence electrons. The number of alkyl halides is 2. The molecule has 0 saturated carbocycles. The van der Waals surface area contributed by atoms with Gasteiger partial charge in [0.05, 0.1) is 6.42 Å². The van der Waals surface area contributed by atoms with Crippen molar-refractivity contribution in [1.29, 1.82) is 0 Å². The van der Waals surface area contributed by atoms with Crippen molar-refractivity contribution in [3.05, 3.63) is 35.6 Å². The van der Waals surface area contributed by atoms with Crippen LogP contribution in [0.2, 0.25) is 0 Å². The number of halogens is 3. The quantitative estimate of drug-likeness (QED) is 0.736. The van der Waals surface area contributed by atoms with E-state index >= 15 is 0 Å². The van der Waals surface area contributed by atoms with Gasteiger partial charge in [-0.05, 0) is 19.1 Å². The van der Waals surface area contributed by atoms with Crippen LogP contribution in [0, 0.1) is 5.82 Å². The van der Waals surface area contributed by atoms with Gasteiger partial charge in [-0.2, -0.15) is 0 Å². The third-order valence-electron chi connectivity index (χ3n) is 1.72. The molecule has 0 aliphatic rings. The number of hydrogen-bond acceptors (Lipinski definition) is 1. The van der Waals surface area contributed by atoms with Crippen LogP contribution in [0.5, 0.6) is 0 Å². The van der Waals surface area contributed by atoms with Gasteiger partial charge < -0.3 is 0 Å². The summed E-state index contributed by atoms with van der Waals surface area (Å²) >= 11 is 0. The predicted octanol–water partition coefficient (Wildman–Crippen LogP) is 2.90. The Balaban J connectivity index is 2.97. The van der Waals surface area contributed by atoms with Crippen LogP contribution in [0.25, 0.3) is 0 Å². The maximum absolute atomic E-state index is 13.2. The van der Waals surface area contributed by atoms with E-state index < -0.39 is 29.5 Å². The molecule has 0 saturated heterocycles. The normalized spacial score (nSPS) is 11.4. The number of carbonyl (C=O) groups excluding carboxylic acids is 1. The van der Waals surface area contributed by atoms with Crippen LogP contribution in [0.3, 0.4) is 0 Å². The third-order valence-corrected chi connectivity index (χ3v) is 1.72. The molecular weight excluding hydrogens is 193 g/mol. The van der Waals surface area contributed by atoms with Gasteiger partial charge in [-0.15, -0.1) is 0 Å². The maximum Gasteiger partial charge on any atom is 0.280 e. The zero-order valence-electron chi connectivity index (χ0n) is 7.56. The Labute approximate surface area is 79.5 Å². The second kappa shape index (κ2) is 3.82. The molecule has 1 rings (SSSR count). The summed E-state index contributed by atoms with van der Waals surface area (Å²) in [6, 6.07) is 4.11. The summed E-state index contributed by atoms with van der Waals surface area (Å²) in [5.74, 6) is -4.64. The van der Waals surface area contributed by atoms with E-state index in [1.807, 2.05) is 0 Å². The van der Waals surface area contributed by atoms with E-state index in [0.717, 1.165) is 25.1 Å². The summed E-state index contributed by atoms with van der Waals surface area (Å²) in [7, 11) is 0. The molecule has 14 heavy (non-hydrogen) atoms. The van der Waals surface area contributed by atoms with Gasteiger partial charge in [0.2, 0.25) is 0 Å². The summed E-state index contributed by atoms with van der Waals surface area (Å²) in [5.41, 5.74) is -0.465. The second-order valence-electron chi connectivity index (χ2n) is 3.09. The highest BCUT2D eigenvalue weighted by Crippen LogP contribution is 2.31. The van der Waals surface area contributed by atoms with E-state index in [4.69, 9.17) is 0 Å².